The Morgan fingerprint density at radius 2 is 0.538 bits per heavy atom. The van der Waals surface area contributed by atoms with Crippen LogP contribution in [-0.2, 0) is 46.7 Å². The van der Waals surface area contributed by atoms with Crippen molar-refractivity contribution >= 4 is 16.6 Å². The van der Waals surface area contributed by atoms with E-state index >= 15 is 0 Å². The molecule has 0 N–H and O–H groups in total. The largest absolute Gasteiger partial charge is 0.415 e. The highest BCUT2D eigenvalue weighted by Gasteiger charge is 2.36. The monoisotopic (exact) mass is 600 g/mol. The second-order valence-electron chi connectivity index (χ2n) is 11.5. The lowest BCUT2D eigenvalue weighted by Crippen LogP contribution is -2.41. The van der Waals surface area contributed by atoms with Crippen LogP contribution in [0.15, 0.2) is 0 Å². The molecule has 39 heavy (non-hydrogen) atoms. The van der Waals surface area contributed by atoms with Gasteiger partial charge in [0.05, 0.1) is 119 Å². The zero-order chi connectivity index (χ0) is 29.3. The third kappa shape index (κ3) is 28.0. The van der Waals surface area contributed by atoms with Crippen molar-refractivity contribution in [2.24, 2.45) is 0 Å². The first kappa shape index (κ1) is 39.0. The van der Waals surface area contributed by atoms with E-state index in [1.807, 2.05) is 0 Å². The molecule has 0 fully saturated rings. The fourth-order valence-electron chi connectivity index (χ4n) is 2.62. The van der Waals surface area contributed by atoms with Gasteiger partial charge in [-0.25, -0.2) is 0 Å². The Kier molecular flexibility index (Phi) is 24.6. The van der Waals surface area contributed by atoms with Gasteiger partial charge in [-0.1, -0.05) is 20.8 Å². The predicted octanol–water partition coefficient (Wildman–Crippen LogP) is 3.99. The Labute approximate surface area is 240 Å². The second-order valence-corrected chi connectivity index (χ2v) is 20.8. The van der Waals surface area contributed by atoms with Gasteiger partial charge in [0, 0.05) is 0 Å². The molecule has 0 spiro atoms. The van der Waals surface area contributed by atoms with Gasteiger partial charge < -0.3 is 46.7 Å². The van der Waals surface area contributed by atoms with Crippen LogP contribution in [0.4, 0.5) is 0 Å². The van der Waals surface area contributed by atoms with E-state index in [1.165, 1.54) is 0 Å². The Morgan fingerprint density at radius 3 is 0.744 bits per heavy atom. The van der Waals surface area contributed by atoms with Crippen molar-refractivity contribution < 1.29 is 46.7 Å². The van der Waals surface area contributed by atoms with E-state index < -0.39 is 16.6 Å². The highest BCUT2D eigenvalue weighted by atomic mass is 28.4. The zero-order valence-electron chi connectivity index (χ0n) is 26.3. The minimum Gasteiger partial charge on any atom is -0.415 e. The highest BCUT2D eigenvalue weighted by molar-refractivity contribution is 6.74. The van der Waals surface area contributed by atoms with E-state index in [1.54, 1.807) is 0 Å². The molecule has 0 unspecified atom stereocenters. The fraction of sp³-hybridized carbons (Fsp3) is 1.00. The molecule has 0 atom stereocenters. The lowest BCUT2D eigenvalue weighted by Gasteiger charge is -2.36. The van der Waals surface area contributed by atoms with Gasteiger partial charge in [0.15, 0.2) is 16.6 Å². The van der Waals surface area contributed by atoms with Crippen molar-refractivity contribution in [1.82, 2.24) is 0 Å². The van der Waals surface area contributed by atoms with Gasteiger partial charge in [0.25, 0.3) is 0 Å². The summed E-state index contributed by atoms with van der Waals surface area (Å²) < 4.78 is 55.7. The van der Waals surface area contributed by atoms with Crippen LogP contribution < -0.4 is 0 Å². The average molecular weight is 601 g/mol. The summed E-state index contributed by atoms with van der Waals surface area (Å²) in [4.78, 5) is 0. The van der Waals surface area contributed by atoms with Crippen LogP contribution in [0.3, 0.4) is 0 Å². The summed E-state index contributed by atoms with van der Waals surface area (Å²) >= 11 is 0. The van der Waals surface area contributed by atoms with Crippen molar-refractivity contribution in [2.75, 3.05) is 119 Å². The van der Waals surface area contributed by atoms with E-state index in [0.717, 1.165) is 0 Å². The quantitative estimate of drug-likeness (QED) is 0.0927. The Morgan fingerprint density at radius 1 is 0.333 bits per heavy atom. The summed E-state index contributed by atoms with van der Waals surface area (Å²) in [6.45, 7) is 27.8. The van der Waals surface area contributed by atoms with Gasteiger partial charge in [0.1, 0.15) is 0 Å². The predicted molar refractivity (Wildman–Crippen MR) is 159 cm³/mol. The molecule has 0 saturated heterocycles. The number of ether oxygens (including phenoxy) is 8. The van der Waals surface area contributed by atoms with E-state index in [2.05, 4.69) is 53.5 Å². The van der Waals surface area contributed by atoms with Crippen LogP contribution in [0.5, 0.6) is 0 Å². The number of hydrogen-bond acceptors (Lipinski definition) is 10. The van der Waals surface area contributed by atoms with Gasteiger partial charge in [-0.2, -0.15) is 0 Å². The third-order valence-electron chi connectivity index (χ3n) is 5.86. The third-order valence-corrected chi connectivity index (χ3v) is 11.5. The minimum absolute atomic E-state index is 0.223. The maximum Gasteiger partial charge on any atom is 0.192 e. The molecule has 0 aromatic rings. The van der Waals surface area contributed by atoms with Crippen molar-refractivity contribution in [3.05, 3.63) is 0 Å². The number of hydrogen-bond donors (Lipinski definition) is 0. The molecule has 0 radical (unpaired) electrons. The molecule has 0 aromatic carbocycles. The molecule has 0 rings (SSSR count). The molecule has 0 heterocycles. The molecule has 12 heteroatoms. The Bertz CT molecular complexity index is 528. The molecular formula is C27H60O10Si2. The van der Waals surface area contributed by atoms with Gasteiger partial charge >= 0.3 is 0 Å². The molecule has 236 valence electrons. The van der Waals surface area contributed by atoms with Crippen LogP contribution in [-0.4, -0.2) is 136 Å². The zero-order valence-corrected chi connectivity index (χ0v) is 28.3. The summed E-state index contributed by atoms with van der Waals surface area (Å²) in [7, 11) is -3.13. The summed E-state index contributed by atoms with van der Waals surface area (Å²) in [6, 6.07) is 0. The van der Waals surface area contributed by atoms with E-state index in [-0.39, 0.29) is 5.04 Å². The van der Waals surface area contributed by atoms with Crippen LogP contribution in [0, 0.1) is 0 Å². The maximum atomic E-state index is 6.07. The van der Waals surface area contributed by atoms with Crippen LogP contribution in [0.1, 0.15) is 20.8 Å². The van der Waals surface area contributed by atoms with Crippen molar-refractivity contribution in [2.45, 2.75) is 58.5 Å². The summed E-state index contributed by atoms with van der Waals surface area (Å²) in [5, 5.41) is 0.223. The standard InChI is InChI=1S/C27H60O10Si2/c1-27(2,3)39(7,8)37-26-24-35-22-20-33-18-16-31-14-12-29-10-9-28-11-13-30-15-17-32-19-21-34-23-25-36-38(4,5)6/h9-26H2,1-8H3. The van der Waals surface area contributed by atoms with Gasteiger partial charge in [0.2, 0.25) is 0 Å². The van der Waals surface area contributed by atoms with Gasteiger partial charge in [-0.3, -0.25) is 0 Å². The van der Waals surface area contributed by atoms with Crippen LogP contribution in [0.2, 0.25) is 37.8 Å². The number of rotatable bonds is 29. The van der Waals surface area contributed by atoms with Gasteiger partial charge in [-0.05, 0) is 37.8 Å². The smallest absolute Gasteiger partial charge is 0.192 e. The summed E-state index contributed by atoms with van der Waals surface area (Å²) in [6.07, 6.45) is 0. The van der Waals surface area contributed by atoms with Crippen molar-refractivity contribution in [3.8, 4) is 0 Å². The molecule has 0 aromatic heterocycles. The molecule has 0 aliphatic heterocycles. The lowest BCUT2D eigenvalue weighted by atomic mass is 10.2. The first-order chi connectivity index (χ1) is 18.5. The SMILES string of the molecule is CC(C)(C)[Si](C)(C)OCCOCCOCCOCCOCCOCCOCCOCCOCCO[Si](C)(C)C. The van der Waals surface area contributed by atoms with Crippen molar-refractivity contribution in [1.29, 1.82) is 0 Å². The molecule has 0 bridgehead atoms. The molecule has 0 aliphatic carbocycles. The molecule has 0 aliphatic rings. The van der Waals surface area contributed by atoms with Crippen molar-refractivity contribution in [3.63, 3.8) is 0 Å². The van der Waals surface area contributed by atoms with Crippen LogP contribution in [0.25, 0.3) is 0 Å². The Balaban J connectivity index is 3.15. The van der Waals surface area contributed by atoms with Crippen LogP contribution >= 0.6 is 0 Å². The molecule has 0 saturated carbocycles. The topological polar surface area (TPSA) is 92.3 Å². The first-order valence-corrected chi connectivity index (χ1v) is 20.7. The average Bonchev–Trinajstić information content (AvgIpc) is 2.84. The maximum absolute atomic E-state index is 6.07. The second kappa shape index (κ2) is 24.6. The lowest BCUT2D eigenvalue weighted by molar-refractivity contribution is -0.0242. The molecule has 10 nitrogen and oxygen atoms in total. The fourth-order valence-corrected chi connectivity index (χ4v) is 4.34. The van der Waals surface area contributed by atoms with Gasteiger partial charge in [-0.15, -0.1) is 0 Å². The van der Waals surface area contributed by atoms with E-state index in [0.29, 0.717) is 119 Å². The summed E-state index contributed by atoms with van der Waals surface area (Å²) in [5.41, 5.74) is 0. The first-order valence-electron chi connectivity index (χ1n) is 14.4. The normalized spacial score (nSPS) is 12.9. The minimum atomic E-state index is -1.69. The molecule has 0 amide bonds. The molecular weight excluding hydrogens is 540 g/mol. The Hall–Kier alpha value is 0.0338. The summed E-state index contributed by atoms with van der Waals surface area (Å²) in [5.74, 6) is 0. The van der Waals surface area contributed by atoms with E-state index in [9.17, 15) is 0 Å². The van der Waals surface area contributed by atoms with E-state index in [4.69, 9.17) is 46.7 Å². The highest BCUT2D eigenvalue weighted by Crippen LogP contribution is 2.36.